The quantitative estimate of drug-likeness (QED) is 0.455. The first-order chi connectivity index (χ1) is 13.5. The lowest BCUT2D eigenvalue weighted by Gasteiger charge is -2.13. The van der Waals surface area contributed by atoms with Gasteiger partial charge in [0.1, 0.15) is 0 Å². The molecule has 0 saturated carbocycles. The summed E-state index contributed by atoms with van der Waals surface area (Å²) in [5.74, 6) is 0.564. The van der Waals surface area contributed by atoms with Gasteiger partial charge in [-0.2, -0.15) is 5.10 Å². The van der Waals surface area contributed by atoms with Crippen molar-refractivity contribution in [3.05, 3.63) is 69.8 Å². The lowest BCUT2D eigenvalue weighted by molar-refractivity contribution is -0.384. The average Bonchev–Trinajstić information content (AvgIpc) is 2.73. The SMILES string of the molecule is C/C(=N/NC(=O)c1cccc([N+](=O)[O-])c1)c1ccc(NC2=NCCCS2)cc1. The molecule has 0 atom stereocenters. The third-order valence-electron chi connectivity index (χ3n) is 3.99. The summed E-state index contributed by atoms with van der Waals surface area (Å²) < 4.78 is 0. The molecule has 144 valence electrons. The number of hydrogen-bond donors (Lipinski definition) is 2. The summed E-state index contributed by atoms with van der Waals surface area (Å²) in [6.07, 6.45) is 1.10. The normalized spacial score (nSPS) is 14.2. The smallest absolute Gasteiger partial charge is 0.271 e. The molecule has 0 unspecified atom stereocenters. The van der Waals surface area contributed by atoms with Crippen LogP contribution in [0.25, 0.3) is 0 Å². The second kappa shape index (κ2) is 9.14. The molecule has 1 aliphatic heterocycles. The number of nitrogens with zero attached hydrogens (tertiary/aromatic N) is 3. The zero-order valence-electron chi connectivity index (χ0n) is 15.2. The van der Waals surface area contributed by atoms with Gasteiger partial charge in [0, 0.05) is 35.7 Å². The molecule has 1 aliphatic rings. The molecule has 8 nitrogen and oxygen atoms in total. The van der Waals surface area contributed by atoms with Crippen LogP contribution in [0.3, 0.4) is 0 Å². The van der Waals surface area contributed by atoms with Crippen molar-refractivity contribution in [2.24, 2.45) is 10.1 Å². The van der Waals surface area contributed by atoms with Gasteiger partial charge in [-0.1, -0.05) is 30.0 Å². The van der Waals surface area contributed by atoms with Gasteiger partial charge in [0.2, 0.25) is 0 Å². The molecule has 0 aromatic heterocycles. The third-order valence-corrected chi connectivity index (χ3v) is 4.99. The average molecular weight is 397 g/mol. The van der Waals surface area contributed by atoms with E-state index >= 15 is 0 Å². The van der Waals surface area contributed by atoms with Crippen LogP contribution in [0.15, 0.2) is 58.6 Å². The molecule has 0 aliphatic carbocycles. The predicted molar refractivity (Wildman–Crippen MR) is 112 cm³/mol. The van der Waals surface area contributed by atoms with Crippen molar-refractivity contribution in [2.45, 2.75) is 13.3 Å². The number of hydrazone groups is 1. The van der Waals surface area contributed by atoms with Crippen LogP contribution in [0, 0.1) is 10.1 Å². The number of aliphatic imine (C=N–C) groups is 1. The first-order valence-electron chi connectivity index (χ1n) is 8.67. The fourth-order valence-corrected chi connectivity index (χ4v) is 3.32. The van der Waals surface area contributed by atoms with Crippen LogP contribution in [0.5, 0.6) is 0 Å². The van der Waals surface area contributed by atoms with Crippen LogP contribution in [0.2, 0.25) is 0 Å². The van der Waals surface area contributed by atoms with E-state index in [-0.39, 0.29) is 11.3 Å². The first kappa shape index (κ1) is 19.6. The maximum atomic E-state index is 12.2. The molecule has 0 spiro atoms. The Labute approximate surface area is 166 Å². The minimum Gasteiger partial charge on any atom is -0.335 e. The number of nitrogens with one attached hydrogen (secondary N) is 2. The van der Waals surface area contributed by atoms with E-state index in [0.717, 1.165) is 35.1 Å². The fourth-order valence-electron chi connectivity index (χ4n) is 2.48. The number of nitro groups is 1. The van der Waals surface area contributed by atoms with Crippen molar-refractivity contribution in [3.8, 4) is 0 Å². The van der Waals surface area contributed by atoms with Crippen LogP contribution in [0.1, 0.15) is 29.3 Å². The van der Waals surface area contributed by atoms with E-state index in [1.54, 1.807) is 18.7 Å². The van der Waals surface area contributed by atoms with Crippen molar-refractivity contribution in [3.63, 3.8) is 0 Å². The lowest BCUT2D eigenvalue weighted by Crippen LogP contribution is -2.19. The number of nitro benzene ring substituents is 1. The molecule has 3 rings (SSSR count). The Kier molecular flexibility index (Phi) is 6.38. The number of rotatable bonds is 5. The van der Waals surface area contributed by atoms with Crippen LogP contribution < -0.4 is 10.7 Å². The summed E-state index contributed by atoms with van der Waals surface area (Å²) in [7, 11) is 0. The largest absolute Gasteiger partial charge is 0.335 e. The van der Waals surface area contributed by atoms with Gasteiger partial charge in [-0.15, -0.1) is 0 Å². The zero-order chi connectivity index (χ0) is 19.9. The number of carbonyl (C=O) groups is 1. The molecule has 0 bridgehead atoms. The summed E-state index contributed by atoms with van der Waals surface area (Å²) in [6.45, 7) is 2.63. The second-order valence-corrected chi connectivity index (χ2v) is 7.12. The van der Waals surface area contributed by atoms with E-state index in [1.165, 1.54) is 24.3 Å². The Balaban J connectivity index is 1.63. The van der Waals surface area contributed by atoms with Gasteiger partial charge >= 0.3 is 0 Å². The number of benzene rings is 2. The van der Waals surface area contributed by atoms with E-state index in [9.17, 15) is 14.9 Å². The minimum atomic E-state index is -0.543. The molecule has 0 radical (unpaired) electrons. The molecular formula is C19H19N5O3S. The fraction of sp³-hybridized carbons (Fsp3) is 0.211. The van der Waals surface area contributed by atoms with Crippen molar-refractivity contribution in [1.29, 1.82) is 0 Å². The molecule has 2 aromatic carbocycles. The summed E-state index contributed by atoms with van der Waals surface area (Å²) in [5, 5.41) is 19.1. The Bertz CT molecular complexity index is 941. The molecule has 1 amide bonds. The highest BCUT2D eigenvalue weighted by Gasteiger charge is 2.11. The maximum absolute atomic E-state index is 12.2. The third kappa shape index (κ3) is 5.17. The van der Waals surface area contributed by atoms with E-state index in [2.05, 4.69) is 20.8 Å². The Morgan fingerprint density at radius 3 is 2.68 bits per heavy atom. The van der Waals surface area contributed by atoms with E-state index in [4.69, 9.17) is 0 Å². The van der Waals surface area contributed by atoms with Gasteiger partial charge in [0.05, 0.1) is 10.6 Å². The first-order valence-corrected chi connectivity index (χ1v) is 9.65. The molecule has 2 N–H and O–H groups in total. The Morgan fingerprint density at radius 2 is 2.00 bits per heavy atom. The van der Waals surface area contributed by atoms with Gasteiger partial charge in [0.15, 0.2) is 5.17 Å². The maximum Gasteiger partial charge on any atom is 0.271 e. The topological polar surface area (TPSA) is 109 Å². The number of amides is 1. The van der Waals surface area contributed by atoms with Crippen LogP contribution in [-0.4, -0.2) is 34.0 Å². The summed E-state index contributed by atoms with van der Waals surface area (Å²) >= 11 is 1.71. The highest BCUT2D eigenvalue weighted by molar-refractivity contribution is 8.14. The molecule has 2 aromatic rings. The van der Waals surface area contributed by atoms with Gasteiger partial charge < -0.3 is 5.32 Å². The summed E-state index contributed by atoms with van der Waals surface area (Å²) in [5.41, 5.74) is 4.87. The minimum absolute atomic E-state index is 0.142. The van der Waals surface area contributed by atoms with Crippen molar-refractivity contribution in [1.82, 2.24) is 5.43 Å². The Hall–Kier alpha value is -3.20. The van der Waals surface area contributed by atoms with E-state index < -0.39 is 10.8 Å². The Morgan fingerprint density at radius 1 is 1.21 bits per heavy atom. The molecule has 0 fully saturated rings. The van der Waals surface area contributed by atoms with E-state index in [1.807, 2.05) is 24.3 Å². The standard InChI is InChI=1S/C19H19N5O3S/c1-13(22-23-18(25)15-4-2-5-17(12-15)24(26)27)14-6-8-16(9-7-14)21-19-20-10-3-11-28-19/h2,4-9,12H,3,10-11H2,1H3,(H,20,21)(H,23,25)/b22-13-. The molecular weight excluding hydrogens is 378 g/mol. The van der Waals surface area contributed by atoms with Gasteiger partial charge in [-0.05, 0) is 37.1 Å². The summed E-state index contributed by atoms with van der Waals surface area (Å²) in [6, 6.07) is 13.2. The molecule has 0 saturated heterocycles. The number of carbonyl (C=O) groups excluding carboxylic acids is 1. The number of hydrogen-bond acceptors (Lipinski definition) is 7. The summed E-state index contributed by atoms with van der Waals surface area (Å²) in [4.78, 5) is 26.9. The molecule has 28 heavy (non-hydrogen) atoms. The van der Waals surface area contributed by atoms with Gasteiger partial charge in [-0.3, -0.25) is 19.9 Å². The highest BCUT2D eigenvalue weighted by atomic mass is 32.2. The zero-order valence-corrected chi connectivity index (χ0v) is 16.0. The second-order valence-electron chi connectivity index (χ2n) is 6.04. The highest BCUT2D eigenvalue weighted by Crippen LogP contribution is 2.17. The monoisotopic (exact) mass is 397 g/mol. The van der Waals surface area contributed by atoms with E-state index in [0.29, 0.717) is 5.71 Å². The van der Waals surface area contributed by atoms with Crippen molar-refractivity contribution < 1.29 is 9.72 Å². The number of non-ortho nitro benzene ring substituents is 1. The number of thioether (sulfide) groups is 1. The molecule has 1 heterocycles. The van der Waals surface area contributed by atoms with Crippen LogP contribution >= 0.6 is 11.8 Å². The molecule has 9 heteroatoms. The van der Waals surface area contributed by atoms with Crippen LogP contribution in [0.4, 0.5) is 11.4 Å². The van der Waals surface area contributed by atoms with Gasteiger partial charge in [-0.25, -0.2) is 5.43 Å². The lowest BCUT2D eigenvalue weighted by atomic mass is 10.1. The number of anilines is 1. The van der Waals surface area contributed by atoms with Crippen molar-refractivity contribution in [2.75, 3.05) is 17.6 Å². The van der Waals surface area contributed by atoms with Gasteiger partial charge in [0.25, 0.3) is 11.6 Å². The number of amidine groups is 1. The predicted octanol–water partition coefficient (Wildman–Crippen LogP) is 3.65. The van der Waals surface area contributed by atoms with Crippen LogP contribution in [-0.2, 0) is 0 Å². The van der Waals surface area contributed by atoms with Crippen molar-refractivity contribution >= 4 is 39.9 Å².